The molecule has 0 radical (unpaired) electrons. The Hall–Kier alpha value is -2.05. The lowest BCUT2D eigenvalue weighted by Gasteiger charge is -2.13. The van der Waals surface area contributed by atoms with Gasteiger partial charge in [0, 0.05) is 17.7 Å². The molecule has 0 atom stereocenters. The summed E-state index contributed by atoms with van der Waals surface area (Å²) in [6.07, 6.45) is 0.671. The van der Waals surface area contributed by atoms with E-state index in [2.05, 4.69) is 4.72 Å². The van der Waals surface area contributed by atoms with Gasteiger partial charge in [0.05, 0.1) is 25.6 Å². The second-order valence-electron chi connectivity index (χ2n) is 6.03. The zero-order valence-electron chi connectivity index (χ0n) is 14.9. The third-order valence-corrected chi connectivity index (χ3v) is 4.85. The topological polar surface area (TPSA) is 64.6 Å². The average molecular weight is 363 g/mol. The third kappa shape index (κ3) is 6.40. The predicted octanol–water partition coefficient (Wildman–Crippen LogP) is 3.45. The number of hydrogen-bond acceptors (Lipinski definition) is 4. The van der Waals surface area contributed by atoms with E-state index in [0.717, 1.165) is 16.9 Å². The predicted molar refractivity (Wildman–Crippen MR) is 101 cm³/mol. The summed E-state index contributed by atoms with van der Waals surface area (Å²) >= 11 is 0. The molecule has 136 valence electrons. The second kappa shape index (κ2) is 8.87. The zero-order valence-corrected chi connectivity index (χ0v) is 15.7. The molecule has 0 aromatic heterocycles. The number of ether oxygens (including phenoxy) is 2. The summed E-state index contributed by atoms with van der Waals surface area (Å²) in [4.78, 5) is 0. The molecule has 2 aromatic rings. The Kier molecular flexibility index (Phi) is 6.84. The van der Waals surface area contributed by atoms with Crippen LogP contribution in [0.15, 0.2) is 48.5 Å². The smallest absolute Gasteiger partial charge is 0.235 e. The summed E-state index contributed by atoms with van der Waals surface area (Å²) in [5.74, 6) is 0.653. The van der Waals surface area contributed by atoms with Gasteiger partial charge in [-0.1, -0.05) is 30.3 Å². The summed E-state index contributed by atoms with van der Waals surface area (Å²) in [6.45, 7) is 3.92. The Morgan fingerprint density at radius 1 is 1.08 bits per heavy atom. The van der Waals surface area contributed by atoms with E-state index < -0.39 is 10.0 Å². The van der Waals surface area contributed by atoms with Crippen LogP contribution in [-0.4, -0.2) is 34.0 Å². The molecule has 0 fully saturated rings. The van der Waals surface area contributed by atoms with Gasteiger partial charge in [-0.25, -0.2) is 8.42 Å². The van der Waals surface area contributed by atoms with Crippen LogP contribution < -0.4 is 9.46 Å². The SMILES string of the molecule is COc1ccc(NS(=O)(=O)CCOC(C)C)cc1Cc1ccccc1. The zero-order chi connectivity index (χ0) is 18.3. The van der Waals surface area contributed by atoms with Crippen molar-refractivity contribution in [3.05, 3.63) is 59.7 Å². The largest absolute Gasteiger partial charge is 0.496 e. The van der Waals surface area contributed by atoms with Crippen LogP contribution in [0.5, 0.6) is 5.75 Å². The van der Waals surface area contributed by atoms with Crippen LogP contribution in [0.3, 0.4) is 0 Å². The molecule has 0 saturated heterocycles. The molecule has 0 bridgehead atoms. The molecule has 0 unspecified atom stereocenters. The Labute approximate surface area is 150 Å². The Morgan fingerprint density at radius 3 is 2.44 bits per heavy atom. The van der Waals surface area contributed by atoms with Gasteiger partial charge < -0.3 is 9.47 Å². The maximum absolute atomic E-state index is 12.2. The molecule has 25 heavy (non-hydrogen) atoms. The lowest BCUT2D eigenvalue weighted by Crippen LogP contribution is -2.21. The van der Waals surface area contributed by atoms with E-state index in [4.69, 9.17) is 9.47 Å². The highest BCUT2D eigenvalue weighted by molar-refractivity contribution is 7.92. The van der Waals surface area contributed by atoms with E-state index >= 15 is 0 Å². The lowest BCUT2D eigenvalue weighted by atomic mass is 10.0. The summed E-state index contributed by atoms with van der Waals surface area (Å²) in [7, 11) is -1.85. The average Bonchev–Trinajstić information content (AvgIpc) is 2.55. The van der Waals surface area contributed by atoms with E-state index in [1.807, 2.05) is 50.2 Å². The molecular formula is C19H25NO4S. The molecule has 6 heteroatoms. The van der Waals surface area contributed by atoms with Crippen molar-refractivity contribution in [1.29, 1.82) is 0 Å². The van der Waals surface area contributed by atoms with Gasteiger partial charge in [0.2, 0.25) is 10.0 Å². The minimum atomic E-state index is -3.46. The normalized spacial score (nSPS) is 11.5. The minimum Gasteiger partial charge on any atom is -0.496 e. The van der Waals surface area contributed by atoms with E-state index in [1.54, 1.807) is 19.2 Å². The molecule has 1 N–H and O–H groups in total. The van der Waals surface area contributed by atoms with Gasteiger partial charge in [0.1, 0.15) is 5.75 Å². The summed E-state index contributed by atoms with van der Waals surface area (Å²) in [6, 6.07) is 15.3. The van der Waals surface area contributed by atoms with Crippen LogP contribution in [-0.2, 0) is 21.2 Å². The molecule has 2 rings (SSSR count). The highest BCUT2D eigenvalue weighted by atomic mass is 32.2. The van der Waals surface area contributed by atoms with Gasteiger partial charge >= 0.3 is 0 Å². The number of anilines is 1. The van der Waals surface area contributed by atoms with E-state index in [-0.39, 0.29) is 18.5 Å². The number of hydrogen-bond donors (Lipinski definition) is 1. The second-order valence-corrected chi connectivity index (χ2v) is 7.87. The van der Waals surface area contributed by atoms with Crippen molar-refractivity contribution in [1.82, 2.24) is 0 Å². The minimum absolute atomic E-state index is 0.00802. The molecule has 0 saturated carbocycles. The summed E-state index contributed by atoms with van der Waals surface area (Å²) in [5.41, 5.74) is 2.58. The first-order valence-electron chi connectivity index (χ1n) is 8.22. The van der Waals surface area contributed by atoms with Gasteiger partial charge in [0.15, 0.2) is 0 Å². The quantitative estimate of drug-likeness (QED) is 0.741. The first-order valence-corrected chi connectivity index (χ1v) is 9.88. The number of nitrogens with one attached hydrogen (secondary N) is 1. The van der Waals surface area contributed by atoms with Crippen LogP contribution in [0.4, 0.5) is 5.69 Å². The Morgan fingerprint density at radius 2 is 1.80 bits per heavy atom. The number of benzene rings is 2. The number of methoxy groups -OCH3 is 1. The van der Waals surface area contributed by atoms with Crippen LogP contribution >= 0.6 is 0 Å². The van der Waals surface area contributed by atoms with E-state index in [9.17, 15) is 8.42 Å². The molecule has 0 amide bonds. The molecule has 5 nitrogen and oxygen atoms in total. The van der Waals surface area contributed by atoms with Crippen molar-refractivity contribution < 1.29 is 17.9 Å². The Bertz CT molecular complexity index is 773. The van der Waals surface area contributed by atoms with Crippen molar-refractivity contribution >= 4 is 15.7 Å². The summed E-state index contributed by atoms with van der Waals surface area (Å²) < 4.78 is 37.7. The van der Waals surface area contributed by atoms with Crippen LogP contribution in [0.25, 0.3) is 0 Å². The fraction of sp³-hybridized carbons (Fsp3) is 0.368. The molecule has 0 aliphatic heterocycles. The van der Waals surface area contributed by atoms with Crippen molar-refractivity contribution in [3.8, 4) is 5.75 Å². The van der Waals surface area contributed by atoms with E-state index in [0.29, 0.717) is 12.1 Å². The highest BCUT2D eigenvalue weighted by Gasteiger charge is 2.13. The maximum atomic E-state index is 12.2. The van der Waals surface area contributed by atoms with Crippen LogP contribution in [0.2, 0.25) is 0 Å². The van der Waals surface area contributed by atoms with Gasteiger partial charge in [-0.3, -0.25) is 4.72 Å². The van der Waals surface area contributed by atoms with Crippen molar-refractivity contribution in [2.24, 2.45) is 0 Å². The van der Waals surface area contributed by atoms with Crippen molar-refractivity contribution in [2.75, 3.05) is 24.2 Å². The van der Waals surface area contributed by atoms with Crippen LogP contribution in [0.1, 0.15) is 25.0 Å². The van der Waals surface area contributed by atoms with Gasteiger partial charge in [-0.2, -0.15) is 0 Å². The fourth-order valence-electron chi connectivity index (χ4n) is 2.42. The van der Waals surface area contributed by atoms with Crippen LogP contribution in [0, 0.1) is 0 Å². The molecule has 0 spiro atoms. The maximum Gasteiger partial charge on any atom is 0.235 e. The standard InChI is InChI=1S/C19H25NO4S/c1-15(2)24-11-12-25(21,22)20-18-9-10-19(23-3)17(14-18)13-16-7-5-4-6-8-16/h4-10,14-15,20H,11-13H2,1-3H3. The molecule has 0 heterocycles. The fourth-order valence-corrected chi connectivity index (χ4v) is 3.32. The van der Waals surface area contributed by atoms with Gasteiger partial charge in [0.25, 0.3) is 0 Å². The lowest BCUT2D eigenvalue weighted by molar-refractivity contribution is 0.0913. The van der Waals surface area contributed by atoms with Crippen molar-refractivity contribution in [2.45, 2.75) is 26.4 Å². The number of sulfonamides is 1. The molecule has 0 aliphatic carbocycles. The third-order valence-electron chi connectivity index (χ3n) is 3.59. The molecule has 0 aliphatic rings. The molecule has 2 aromatic carbocycles. The van der Waals surface area contributed by atoms with Gasteiger partial charge in [-0.05, 0) is 37.6 Å². The highest BCUT2D eigenvalue weighted by Crippen LogP contribution is 2.25. The van der Waals surface area contributed by atoms with Gasteiger partial charge in [-0.15, -0.1) is 0 Å². The Balaban J connectivity index is 2.12. The number of rotatable bonds is 9. The van der Waals surface area contributed by atoms with E-state index in [1.165, 1.54) is 0 Å². The molecular weight excluding hydrogens is 338 g/mol. The monoisotopic (exact) mass is 363 g/mol. The first-order chi connectivity index (χ1) is 11.9. The van der Waals surface area contributed by atoms with Crippen molar-refractivity contribution in [3.63, 3.8) is 0 Å². The summed E-state index contributed by atoms with van der Waals surface area (Å²) in [5, 5.41) is 0. The first kappa shape index (κ1) is 19.3.